The molecular weight excluding hydrogens is 270 g/mol. The van der Waals surface area contributed by atoms with Gasteiger partial charge in [-0.3, -0.25) is 0 Å². The molecular formula is C15H25N3O3. The van der Waals surface area contributed by atoms with Crippen molar-refractivity contribution in [1.82, 2.24) is 15.0 Å². The van der Waals surface area contributed by atoms with Gasteiger partial charge in [0.2, 0.25) is 0 Å². The molecule has 0 aromatic carbocycles. The fraction of sp³-hybridized carbons (Fsp3) is 0.800. The summed E-state index contributed by atoms with van der Waals surface area (Å²) in [7, 11) is 0. The molecule has 6 nitrogen and oxygen atoms in total. The maximum absolute atomic E-state index is 11.3. The van der Waals surface area contributed by atoms with Crippen LogP contribution in [-0.2, 0) is 6.54 Å². The van der Waals surface area contributed by atoms with E-state index in [1.54, 1.807) is 4.68 Å². The number of unbranched alkanes of at least 4 members (excludes halogenated alkanes) is 1. The number of carbonyl (C=O) groups is 1. The summed E-state index contributed by atoms with van der Waals surface area (Å²) in [4.78, 5) is 11.3. The topological polar surface area (TPSA) is 88.2 Å². The molecule has 1 aliphatic rings. The lowest BCUT2D eigenvalue weighted by molar-refractivity contribution is 0.0687. The first-order valence-electron chi connectivity index (χ1n) is 7.94. The van der Waals surface area contributed by atoms with Gasteiger partial charge in [0.05, 0.1) is 18.8 Å². The molecule has 0 bridgehead atoms. The van der Waals surface area contributed by atoms with Crippen LogP contribution in [0.2, 0.25) is 0 Å². The molecule has 1 aliphatic carbocycles. The molecule has 0 aliphatic heterocycles. The highest BCUT2D eigenvalue weighted by Gasteiger charge is 2.30. The van der Waals surface area contributed by atoms with Crippen molar-refractivity contribution in [2.75, 3.05) is 6.61 Å². The van der Waals surface area contributed by atoms with Gasteiger partial charge in [0.25, 0.3) is 0 Å². The van der Waals surface area contributed by atoms with Crippen LogP contribution >= 0.6 is 0 Å². The van der Waals surface area contributed by atoms with Crippen LogP contribution in [0.5, 0.6) is 0 Å². The van der Waals surface area contributed by atoms with Crippen molar-refractivity contribution >= 4 is 5.97 Å². The summed E-state index contributed by atoms with van der Waals surface area (Å²) < 4.78 is 1.57. The zero-order valence-corrected chi connectivity index (χ0v) is 12.7. The fourth-order valence-electron chi connectivity index (χ4n) is 3.35. The van der Waals surface area contributed by atoms with E-state index in [1.807, 2.05) is 0 Å². The van der Waals surface area contributed by atoms with E-state index in [9.17, 15) is 9.90 Å². The van der Waals surface area contributed by atoms with Gasteiger partial charge in [0.15, 0.2) is 5.69 Å². The van der Waals surface area contributed by atoms with Gasteiger partial charge in [-0.1, -0.05) is 31.4 Å². The quantitative estimate of drug-likeness (QED) is 0.806. The Morgan fingerprint density at radius 1 is 1.33 bits per heavy atom. The normalized spacial score (nSPS) is 22.4. The molecule has 118 valence electrons. The van der Waals surface area contributed by atoms with Gasteiger partial charge in [0.1, 0.15) is 0 Å². The van der Waals surface area contributed by atoms with Crippen molar-refractivity contribution < 1.29 is 15.0 Å². The van der Waals surface area contributed by atoms with E-state index < -0.39 is 5.97 Å². The number of hydrogen-bond donors (Lipinski definition) is 2. The van der Waals surface area contributed by atoms with Crippen molar-refractivity contribution in [1.29, 1.82) is 0 Å². The number of aromatic carboxylic acids is 1. The third-order valence-corrected chi connectivity index (χ3v) is 4.49. The van der Waals surface area contributed by atoms with E-state index in [0.717, 1.165) is 31.6 Å². The number of hydrogen-bond acceptors (Lipinski definition) is 4. The molecule has 0 amide bonds. The number of rotatable bonds is 7. The van der Waals surface area contributed by atoms with Crippen molar-refractivity contribution in [3.8, 4) is 0 Å². The minimum absolute atomic E-state index is 0.0543. The average molecular weight is 295 g/mol. The monoisotopic (exact) mass is 295 g/mol. The van der Waals surface area contributed by atoms with Crippen LogP contribution in [0.4, 0.5) is 0 Å². The second-order valence-electron chi connectivity index (χ2n) is 5.94. The van der Waals surface area contributed by atoms with Crippen LogP contribution in [0.25, 0.3) is 0 Å². The zero-order valence-electron chi connectivity index (χ0n) is 12.7. The lowest BCUT2D eigenvalue weighted by Gasteiger charge is -2.28. The molecule has 2 rings (SSSR count). The molecule has 1 heterocycles. The van der Waals surface area contributed by atoms with E-state index in [2.05, 4.69) is 17.2 Å². The summed E-state index contributed by atoms with van der Waals surface area (Å²) in [5.74, 6) is -0.0468. The Kier molecular flexibility index (Phi) is 5.73. The van der Waals surface area contributed by atoms with Crippen molar-refractivity contribution in [3.05, 3.63) is 11.4 Å². The van der Waals surface area contributed by atoms with Gasteiger partial charge in [-0.15, -0.1) is 5.10 Å². The Bertz CT molecular complexity index is 465. The number of carboxylic acids is 1. The Balaban J connectivity index is 2.08. The number of aliphatic hydroxyl groups is 1. The number of aromatic nitrogens is 3. The van der Waals surface area contributed by atoms with Gasteiger partial charge in [-0.2, -0.15) is 0 Å². The van der Waals surface area contributed by atoms with E-state index >= 15 is 0 Å². The predicted octanol–water partition coefficient (Wildman–Crippen LogP) is 2.43. The second-order valence-corrected chi connectivity index (χ2v) is 5.94. The smallest absolute Gasteiger partial charge is 0.358 e. The molecule has 6 heteroatoms. The van der Waals surface area contributed by atoms with Crippen molar-refractivity contribution in [2.24, 2.45) is 5.92 Å². The third kappa shape index (κ3) is 3.81. The van der Waals surface area contributed by atoms with E-state index in [1.165, 1.54) is 19.3 Å². The molecule has 21 heavy (non-hydrogen) atoms. The van der Waals surface area contributed by atoms with Crippen LogP contribution in [-0.4, -0.2) is 37.8 Å². The molecule has 1 aromatic heterocycles. The number of aliphatic hydroxyl groups excluding tert-OH is 1. The largest absolute Gasteiger partial charge is 0.476 e. The Morgan fingerprint density at radius 3 is 2.62 bits per heavy atom. The molecule has 0 atom stereocenters. The second kappa shape index (κ2) is 7.54. The van der Waals surface area contributed by atoms with Crippen LogP contribution in [0, 0.1) is 5.92 Å². The molecule has 1 aromatic rings. The Hall–Kier alpha value is -1.43. The minimum atomic E-state index is -1.03. The number of nitrogens with zero attached hydrogens (tertiary/aromatic N) is 3. The SMILES string of the molecule is CCCCC1CCC(c2c(C(=O)O)nnn2CCO)CC1. The number of carboxylic acid groups (broad SMARTS) is 1. The molecule has 1 saturated carbocycles. The predicted molar refractivity (Wildman–Crippen MR) is 78.3 cm³/mol. The molecule has 2 N–H and O–H groups in total. The van der Waals surface area contributed by atoms with Crippen LogP contribution in [0.3, 0.4) is 0 Å². The summed E-state index contributed by atoms with van der Waals surface area (Å²) in [6, 6.07) is 0. The highest BCUT2D eigenvalue weighted by molar-refractivity contribution is 5.86. The highest BCUT2D eigenvalue weighted by Crippen LogP contribution is 2.38. The van der Waals surface area contributed by atoms with Crippen LogP contribution < -0.4 is 0 Å². The summed E-state index contributed by atoms with van der Waals surface area (Å²) in [5, 5.41) is 26.0. The first-order chi connectivity index (χ1) is 10.2. The van der Waals surface area contributed by atoms with Crippen LogP contribution in [0.15, 0.2) is 0 Å². The average Bonchev–Trinajstić information content (AvgIpc) is 2.90. The Morgan fingerprint density at radius 2 is 2.05 bits per heavy atom. The zero-order chi connectivity index (χ0) is 15.2. The first-order valence-corrected chi connectivity index (χ1v) is 7.94. The standard InChI is InChI=1S/C15H25N3O3/c1-2-3-4-11-5-7-12(8-6-11)14-13(15(20)21)16-17-18(14)9-10-19/h11-12,19H,2-10H2,1H3,(H,20,21). The van der Waals surface area contributed by atoms with E-state index in [0.29, 0.717) is 12.2 Å². The van der Waals surface area contributed by atoms with Gasteiger partial charge >= 0.3 is 5.97 Å². The molecule has 0 spiro atoms. The summed E-state index contributed by atoms with van der Waals surface area (Å²) >= 11 is 0. The van der Waals surface area contributed by atoms with Gasteiger partial charge < -0.3 is 10.2 Å². The highest BCUT2D eigenvalue weighted by atomic mass is 16.4. The molecule has 1 fully saturated rings. The summed E-state index contributed by atoms with van der Waals surface area (Å²) in [5.41, 5.74) is 0.756. The Labute approximate surface area is 125 Å². The van der Waals surface area contributed by atoms with Crippen LogP contribution in [0.1, 0.15) is 74.0 Å². The van der Waals surface area contributed by atoms with Crippen molar-refractivity contribution in [3.63, 3.8) is 0 Å². The maximum atomic E-state index is 11.3. The summed E-state index contributed by atoms with van der Waals surface area (Å²) in [6.07, 6.45) is 8.07. The fourth-order valence-corrected chi connectivity index (χ4v) is 3.35. The molecule has 0 radical (unpaired) electrons. The minimum Gasteiger partial charge on any atom is -0.476 e. The molecule has 0 unspecified atom stereocenters. The van der Waals surface area contributed by atoms with Gasteiger partial charge in [0, 0.05) is 5.92 Å². The van der Waals surface area contributed by atoms with Gasteiger partial charge in [-0.05, 0) is 31.6 Å². The summed E-state index contributed by atoms with van der Waals surface area (Å²) in [6.45, 7) is 2.47. The van der Waals surface area contributed by atoms with E-state index in [-0.39, 0.29) is 18.2 Å². The maximum Gasteiger partial charge on any atom is 0.358 e. The molecule has 0 saturated heterocycles. The lowest BCUT2D eigenvalue weighted by atomic mass is 9.78. The van der Waals surface area contributed by atoms with E-state index in [4.69, 9.17) is 5.11 Å². The van der Waals surface area contributed by atoms with Crippen molar-refractivity contribution in [2.45, 2.75) is 64.3 Å². The third-order valence-electron chi connectivity index (χ3n) is 4.49. The lowest BCUT2D eigenvalue weighted by Crippen LogP contribution is -2.19. The van der Waals surface area contributed by atoms with Gasteiger partial charge in [-0.25, -0.2) is 9.48 Å². The first kappa shape index (κ1) is 15.9.